The fourth-order valence-electron chi connectivity index (χ4n) is 4.14. The Kier molecular flexibility index (Phi) is 6.20. The minimum absolute atomic E-state index is 0.0546. The third-order valence-corrected chi connectivity index (χ3v) is 6.63. The first kappa shape index (κ1) is 20.0. The Morgan fingerprint density at radius 2 is 2.21 bits per heavy atom. The van der Waals surface area contributed by atoms with E-state index in [2.05, 4.69) is 27.4 Å². The Morgan fingerprint density at radius 3 is 3.03 bits per heavy atom. The summed E-state index contributed by atoms with van der Waals surface area (Å²) in [6.07, 6.45) is 6.18. The number of carbonyl (C=O) groups is 1. The van der Waals surface area contributed by atoms with E-state index < -0.39 is 0 Å². The molecule has 2 heterocycles. The van der Waals surface area contributed by atoms with Gasteiger partial charge in [-0.3, -0.25) is 14.7 Å². The molecule has 1 aliphatic carbocycles. The summed E-state index contributed by atoms with van der Waals surface area (Å²) in [6, 6.07) is 8.08. The minimum atomic E-state index is -0.0546. The molecule has 154 valence electrons. The molecule has 8 heteroatoms. The average molecular weight is 414 g/mol. The molecular formula is C21H27N5O2S. The first-order chi connectivity index (χ1) is 14.2. The number of nitrogens with one attached hydrogen (secondary N) is 2. The second kappa shape index (κ2) is 9.00. The number of ether oxygens (including phenoxy) is 1. The van der Waals surface area contributed by atoms with Crippen LogP contribution in [0.4, 0.5) is 0 Å². The largest absolute Gasteiger partial charge is 0.497 e. The van der Waals surface area contributed by atoms with Crippen LogP contribution in [0.3, 0.4) is 0 Å². The molecule has 1 aromatic carbocycles. The molecule has 1 aromatic heterocycles. The van der Waals surface area contributed by atoms with Gasteiger partial charge in [-0.25, -0.2) is 0 Å². The number of rotatable bonds is 7. The Balaban J connectivity index is 1.48. The molecule has 3 atom stereocenters. The number of hydrogen-bond donors (Lipinski definition) is 2. The van der Waals surface area contributed by atoms with Crippen molar-refractivity contribution in [3.8, 4) is 17.1 Å². The molecule has 2 aliphatic rings. The average Bonchev–Trinajstić information content (AvgIpc) is 3.15. The Bertz CT molecular complexity index is 884. The van der Waals surface area contributed by atoms with E-state index in [4.69, 9.17) is 4.74 Å². The highest BCUT2D eigenvalue weighted by Crippen LogP contribution is 2.29. The monoisotopic (exact) mass is 413 g/mol. The van der Waals surface area contributed by atoms with Crippen LogP contribution in [0.2, 0.25) is 0 Å². The number of nitrogens with zero attached hydrogens (tertiary/aromatic N) is 3. The quantitative estimate of drug-likeness (QED) is 0.537. The van der Waals surface area contributed by atoms with Crippen molar-refractivity contribution in [2.45, 2.75) is 49.6 Å². The van der Waals surface area contributed by atoms with Crippen molar-refractivity contribution in [2.75, 3.05) is 12.9 Å². The van der Waals surface area contributed by atoms with E-state index in [-0.39, 0.29) is 18.0 Å². The Morgan fingerprint density at radius 1 is 1.34 bits per heavy atom. The van der Waals surface area contributed by atoms with Crippen LogP contribution in [0, 0.1) is 5.92 Å². The summed E-state index contributed by atoms with van der Waals surface area (Å²) in [5, 5.41) is 16.4. The third kappa shape index (κ3) is 4.33. The van der Waals surface area contributed by atoms with Crippen LogP contribution >= 0.6 is 11.8 Å². The minimum Gasteiger partial charge on any atom is -0.497 e. The number of allylic oxidation sites excluding steroid dienone is 1. The molecule has 1 saturated carbocycles. The van der Waals surface area contributed by atoms with Gasteiger partial charge in [-0.1, -0.05) is 42.8 Å². The second-order valence-corrected chi connectivity index (χ2v) is 8.46. The zero-order valence-corrected chi connectivity index (χ0v) is 17.5. The fraction of sp³-hybridized carbons (Fsp3) is 0.476. The van der Waals surface area contributed by atoms with E-state index in [0.29, 0.717) is 18.3 Å². The molecule has 4 rings (SSSR count). The maximum absolute atomic E-state index is 12.5. The smallest absolute Gasteiger partial charge is 0.225 e. The standard InChI is InChI=1S/C21H27N5O2S/c1-3-11-26-19(14-7-6-8-15(12-14)28-2)24-25-21(26)29-13-18-22-17-10-5-4-9-16(17)20(27)23-18/h3,6-8,12,16-18,22H,1,4-5,9-11,13H2,2H3,(H,23,27). The first-order valence-electron chi connectivity index (χ1n) is 10.1. The van der Waals surface area contributed by atoms with Crippen molar-refractivity contribution >= 4 is 17.7 Å². The first-order valence-corrected chi connectivity index (χ1v) is 11.1. The number of fused-ring (bicyclic) bond motifs is 1. The van der Waals surface area contributed by atoms with Gasteiger partial charge in [0.15, 0.2) is 11.0 Å². The van der Waals surface area contributed by atoms with Crippen molar-refractivity contribution < 1.29 is 9.53 Å². The summed E-state index contributed by atoms with van der Waals surface area (Å²) in [4.78, 5) is 12.5. The Labute approximate surface area is 175 Å². The molecule has 2 fully saturated rings. The van der Waals surface area contributed by atoms with Gasteiger partial charge in [0.05, 0.1) is 19.2 Å². The van der Waals surface area contributed by atoms with Gasteiger partial charge in [-0.15, -0.1) is 16.8 Å². The fourth-order valence-corrected chi connectivity index (χ4v) is 5.05. The summed E-state index contributed by atoms with van der Waals surface area (Å²) in [5.41, 5.74) is 0.944. The van der Waals surface area contributed by atoms with Gasteiger partial charge in [0.2, 0.25) is 5.91 Å². The number of benzene rings is 1. The zero-order valence-electron chi connectivity index (χ0n) is 16.6. The zero-order chi connectivity index (χ0) is 20.2. The summed E-state index contributed by atoms with van der Waals surface area (Å²) >= 11 is 1.59. The van der Waals surface area contributed by atoms with E-state index in [9.17, 15) is 4.79 Å². The predicted octanol–water partition coefficient (Wildman–Crippen LogP) is 2.84. The van der Waals surface area contributed by atoms with Crippen molar-refractivity contribution in [2.24, 2.45) is 5.92 Å². The maximum atomic E-state index is 12.5. The number of carbonyl (C=O) groups excluding carboxylic acids is 1. The van der Waals surface area contributed by atoms with Crippen LogP contribution in [0.1, 0.15) is 25.7 Å². The molecule has 29 heavy (non-hydrogen) atoms. The van der Waals surface area contributed by atoms with Gasteiger partial charge in [-0.05, 0) is 25.0 Å². The van der Waals surface area contributed by atoms with E-state index in [0.717, 1.165) is 41.6 Å². The lowest BCUT2D eigenvalue weighted by Gasteiger charge is -2.40. The molecule has 0 bridgehead atoms. The summed E-state index contributed by atoms with van der Waals surface area (Å²) in [7, 11) is 1.65. The van der Waals surface area contributed by atoms with Gasteiger partial charge < -0.3 is 10.1 Å². The molecule has 0 radical (unpaired) electrons. The van der Waals surface area contributed by atoms with Gasteiger partial charge in [0.25, 0.3) is 0 Å². The van der Waals surface area contributed by atoms with Gasteiger partial charge in [-0.2, -0.15) is 0 Å². The van der Waals surface area contributed by atoms with Crippen LogP contribution in [0.5, 0.6) is 5.75 Å². The highest BCUT2D eigenvalue weighted by atomic mass is 32.2. The SMILES string of the molecule is C=CCn1c(SCC2NC(=O)C3CCCCC3N2)nnc1-c1cccc(OC)c1. The third-order valence-electron chi connectivity index (χ3n) is 5.57. The van der Waals surface area contributed by atoms with Crippen molar-refractivity contribution in [1.29, 1.82) is 0 Å². The van der Waals surface area contributed by atoms with Crippen molar-refractivity contribution in [3.63, 3.8) is 0 Å². The Hall–Kier alpha value is -2.32. The maximum Gasteiger partial charge on any atom is 0.225 e. The van der Waals surface area contributed by atoms with E-state index in [1.807, 2.05) is 34.9 Å². The highest BCUT2D eigenvalue weighted by Gasteiger charge is 2.37. The van der Waals surface area contributed by atoms with E-state index in [1.165, 1.54) is 6.42 Å². The number of hydrogen-bond acceptors (Lipinski definition) is 6. The number of aromatic nitrogens is 3. The van der Waals surface area contributed by atoms with Gasteiger partial charge >= 0.3 is 0 Å². The summed E-state index contributed by atoms with van der Waals surface area (Å²) in [5.74, 6) is 2.56. The van der Waals surface area contributed by atoms with E-state index in [1.54, 1.807) is 18.9 Å². The number of methoxy groups -OCH3 is 1. The number of thioether (sulfide) groups is 1. The molecular weight excluding hydrogens is 386 g/mol. The molecule has 2 N–H and O–H groups in total. The lowest BCUT2D eigenvalue weighted by Crippen LogP contribution is -2.62. The molecule has 3 unspecified atom stereocenters. The topological polar surface area (TPSA) is 81.1 Å². The molecule has 2 aromatic rings. The summed E-state index contributed by atoms with van der Waals surface area (Å²) in [6.45, 7) is 4.48. The van der Waals surface area contributed by atoms with E-state index >= 15 is 0 Å². The number of amides is 1. The molecule has 1 saturated heterocycles. The van der Waals surface area contributed by atoms with Crippen LogP contribution < -0.4 is 15.4 Å². The predicted molar refractivity (Wildman–Crippen MR) is 114 cm³/mol. The molecule has 1 amide bonds. The normalized spacial score (nSPS) is 23.9. The van der Waals surface area contributed by atoms with Gasteiger partial charge in [0, 0.05) is 23.9 Å². The van der Waals surface area contributed by atoms with Crippen molar-refractivity contribution in [3.05, 3.63) is 36.9 Å². The summed E-state index contributed by atoms with van der Waals surface area (Å²) < 4.78 is 7.37. The lowest BCUT2D eigenvalue weighted by molar-refractivity contribution is -0.130. The van der Waals surface area contributed by atoms with Crippen LogP contribution in [0.15, 0.2) is 42.1 Å². The molecule has 7 nitrogen and oxygen atoms in total. The van der Waals surface area contributed by atoms with Crippen LogP contribution in [-0.4, -0.2) is 45.7 Å². The highest BCUT2D eigenvalue weighted by molar-refractivity contribution is 7.99. The van der Waals surface area contributed by atoms with Gasteiger partial charge in [0.1, 0.15) is 5.75 Å². The van der Waals surface area contributed by atoms with Crippen molar-refractivity contribution in [1.82, 2.24) is 25.4 Å². The molecule has 1 aliphatic heterocycles. The van der Waals surface area contributed by atoms with Crippen LogP contribution in [-0.2, 0) is 11.3 Å². The lowest BCUT2D eigenvalue weighted by atomic mass is 9.82. The van der Waals surface area contributed by atoms with Crippen LogP contribution in [0.25, 0.3) is 11.4 Å². The molecule has 0 spiro atoms. The second-order valence-electron chi connectivity index (χ2n) is 7.47.